The Hall–Kier alpha value is -2.67. The van der Waals surface area contributed by atoms with Gasteiger partial charge in [0, 0.05) is 5.69 Å². The van der Waals surface area contributed by atoms with Gasteiger partial charge < -0.3 is 5.32 Å². The van der Waals surface area contributed by atoms with Crippen molar-refractivity contribution >= 4 is 23.4 Å². The van der Waals surface area contributed by atoms with Gasteiger partial charge in [0.1, 0.15) is 0 Å². The molecule has 0 unspecified atom stereocenters. The van der Waals surface area contributed by atoms with Crippen LogP contribution in [0.2, 0.25) is 0 Å². The number of anilines is 1. The van der Waals surface area contributed by atoms with E-state index in [9.17, 15) is 4.79 Å². The first kappa shape index (κ1) is 21.0. The lowest BCUT2D eigenvalue weighted by Crippen LogP contribution is -2.23. The molecule has 0 radical (unpaired) electrons. The number of aromatic nitrogens is 4. The molecule has 1 aromatic heterocycles. The second-order valence-corrected chi connectivity index (χ2v) is 8.62. The normalized spacial score (nSPS) is 13.1. The Morgan fingerprint density at radius 2 is 1.93 bits per heavy atom. The summed E-state index contributed by atoms with van der Waals surface area (Å²) < 4.78 is 1.70. The van der Waals surface area contributed by atoms with E-state index < -0.39 is 0 Å². The molecule has 0 aliphatic rings. The van der Waals surface area contributed by atoms with Crippen molar-refractivity contribution in [2.75, 3.05) is 5.32 Å². The molecule has 0 spiro atoms. The molecule has 7 heteroatoms. The van der Waals surface area contributed by atoms with Crippen LogP contribution in [0.1, 0.15) is 49.8 Å². The first-order valence-corrected chi connectivity index (χ1v) is 10.7. The fourth-order valence-corrected chi connectivity index (χ4v) is 3.86. The van der Waals surface area contributed by atoms with E-state index in [-0.39, 0.29) is 11.2 Å². The molecule has 1 heterocycles. The number of nitrogens with one attached hydrogen (secondary N) is 1. The van der Waals surface area contributed by atoms with E-state index in [4.69, 9.17) is 0 Å². The first-order valence-electron chi connectivity index (χ1n) is 9.83. The fraction of sp³-hybridized carbons (Fsp3) is 0.364. The standard InChI is InChI=1S/C22H27N5OS/c1-6-15(3)18-9-7-8-10-19(18)23-21(28)17(5)29-22-24-25-26-27(22)20-13-14(2)11-12-16(20)4/h7-13,15,17H,6H2,1-5H3,(H,23,28)/t15-,17+/m1/s1. The number of benzene rings is 2. The Kier molecular flexibility index (Phi) is 6.69. The molecular weight excluding hydrogens is 382 g/mol. The monoisotopic (exact) mass is 409 g/mol. The Labute approximate surface area is 176 Å². The highest BCUT2D eigenvalue weighted by Crippen LogP contribution is 2.29. The molecule has 2 atom stereocenters. The third kappa shape index (κ3) is 4.85. The van der Waals surface area contributed by atoms with Gasteiger partial charge in [-0.15, -0.1) is 5.10 Å². The number of aryl methyl sites for hydroxylation is 2. The van der Waals surface area contributed by atoms with Crippen molar-refractivity contribution in [3.63, 3.8) is 0 Å². The molecule has 152 valence electrons. The lowest BCUT2D eigenvalue weighted by molar-refractivity contribution is -0.115. The van der Waals surface area contributed by atoms with Gasteiger partial charge in [-0.25, -0.2) is 0 Å². The minimum absolute atomic E-state index is 0.0683. The molecule has 3 aromatic rings. The van der Waals surface area contributed by atoms with Gasteiger partial charge in [-0.1, -0.05) is 55.9 Å². The maximum Gasteiger partial charge on any atom is 0.237 e. The second kappa shape index (κ2) is 9.22. The van der Waals surface area contributed by atoms with Gasteiger partial charge in [-0.05, 0) is 72.4 Å². The van der Waals surface area contributed by atoms with Crippen molar-refractivity contribution in [3.05, 3.63) is 59.2 Å². The van der Waals surface area contributed by atoms with E-state index in [0.717, 1.165) is 34.5 Å². The number of carbonyl (C=O) groups is 1. The first-order chi connectivity index (χ1) is 13.9. The van der Waals surface area contributed by atoms with Crippen LogP contribution in [0, 0.1) is 13.8 Å². The van der Waals surface area contributed by atoms with Crippen LogP contribution in [-0.2, 0) is 4.79 Å². The van der Waals surface area contributed by atoms with Crippen molar-refractivity contribution in [1.29, 1.82) is 0 Å². The fourth-order valence-electron chi connectivity index (χ4n) is 3.06. The van der Waals surface area contributed by atoms with Gasteiger partial charge >= 0.3 is 0 Å². The van der Waals surface area contributed by atoms with Gasteiger partial charge in [0.2, 0.25) is 11.1 Å². The molecule has 0 bridgehead atoms. The number of hydrogen-bond donors (Lipinski definition) is 1. The number of rotatable bonds is 7. The second-order valence-electron chi connectivity index (χ2n) is 7.31. The van der Waals surface area contributed by atoms with Crippen LogP contribution in [0.5, 0.6) is 0 Å². The summed E-state index contributed by atoms with van der Waals surface area (Å²) in [6, 6.07) is 14.1. The number of carbonyl (C=O) groups excluding carboxylic acids is 1. The third-order valence-electron chi connectivity index (χ3n) is 5.05. The quantitative estimate of drug-likeness (QED) is 0.561. The Balaban J connectivity index is 1.77. The highest BCUT2D eigenvalue weighted by molar-refractivity contribution is 8.00. The molecule has 0 saturated heterocycles. The summed E-state index contributed by atoms with van der Waals surface area (Å²) >= 11 is 1.35. The molecule has 0 aliphatic heterocycles. The number of hydrogen-bond acceptors (Lipinski definition) is 5. The number of nitrogens with zero attached hydrogens (tertiary/aromatic N) is 4. The molecule has 6 nitrogen and oxygen atoms in total. The van der Waals surface area contributed by atoms with E-state index >= 15 is 0 Å². The van der Waals surface area contributed by atoms with Crippen molar-refractivity contribution in [1.82, 2.24) is 20.2 Å². The molecule has 29 heavy (non-hydrogen) atoms. The van der Waals surface area contributed by atoms with Crippen LogP contribution in [0.25, 0.3) is 5.69 Å². The number of amides is 1. The minimum atomic E-state index is -0.352. The third-order valence-corrected chi connectivity index (χ3v) is 6.08. The molecular formula is C22H27N5OS. The zero-order valence-electron chi connectivity index (χ0n) is 17.5. The van der Waals surface area contributed by atoms with Gasteiger partial charge in [-0.2, -0.15) is 4.68 Å². The van der Waals surface area contributed by atoms with Crippen molar-refractivity contribution < 1.29 is 4.79 Å². The predicted molar refractivity (Wildman–Crippen MR) is 118 cm³/mol. The Bertz CT molecular complexity index is 1000. The summed E-state index contributed by atoms with van der Waals surface area (Å²) in [7, 11) is 0. The highest BCUT2D eigenvalue weighted by Gasteiger charge is 2.21. The maximum absolute atomic E-state index is 12.9. The lowest BCUT2D eigenvalue weighted by Gasteiger charge is -2.17. The van der Waals surface area contributed by atoms with Crippen molar-refractivity contribution in [2.45, 2.75) is 57.4 Å². The maximum atomic E-state index is 12.9. The molecule has 2 aromatic carbocycles. The van der Waals surface area contributed by atoms with Crippen LogP contribution in [0.15, 0.2) is 47.6 Å². The zero-order chi connectivity index (χ0) is 21.0. The predicted octanol–water partition coefficient (Wildman–Crippen LogP) is 4.91. The molecule has 3 rings (SSSR count). The summed E-state index contributed by atoms with van der Waals surface area (Å²) in [5.74, 6) is 0.312. The van der Waals surface area contributed by atoms with Gasteiger partial charge in [0.05, 0.1) is 10.9 Å². The number of para-hydroxylation sites is 1. The van der Waals surface area contributed by atoms with E-state index in [1.54, 1.807) is 4.68 Å². The summed E-state index contributed by atoms with van der Waals surface area (Å²) in [6.45, 7) is 10.2. The Morgan fingerprint density at radius 3 is 2.69 bits per heavy atom. The van der Waals surface area contributed by atoms with Crippen molar-refractivity contribution in [3.8, 4) is 5.69 Å². The van der Waals surface area contributed by atoms with Crippen LogP contribution in [-0.4, -0.2) is 31.4 Å². The van der Waals surface area contributed by atoms with Gasteiger partial charge in [0.15, 0.2) is 0 Å². The van der Waals surface area contributed by atoms with E-state index in [0.29, 0.717) is 11.1 Å². The number of tetrazole rings is 1. The smallest absolute Gasteiger partial charge is 0.237 e. The van der Waals surface area contributed by atoms with Gasteiger partial charge in [0.25, 0.3) is 0 Å². The van der Waals surface area contributed by atoms with Crippen LogP contribution in [0.4, 0.5) is 5.69 Å². The number of thioether (sulfide) groups is 1. The topological polar surface area (TPSA) is 72.7 Å². The SMILES string of the molecule is CC[C@@H](C)c1ccccc1NC(=O)[C@H](C)Sc1nnnn1-c1cc(C)ccc1C. The molecule has 0 fully saturated rings. The largest absolute Gasteiger partial charge is 0.325 e. The van der Waals surface area contributed by atoms with E-state index in [1.165, 1.54) is 11.8 Å². The Morgan fingerprint density at radius 1 is 1.17 bits per heavy atom. The van der Waals surface area contributed by atoms with Crippen LogP contribution < -0.4 is 5.32 Å². The minimum Gasteiger partial charge on any atom is -0.325 e. The van der Waals surface area contributed by atoms with E-state index in [2.05, 4.69) is 46.8 Å². The van der Waals surface area contributed by atoms with Crippen molar-refractivity contribution in [2.24, 2.45) is 0 Å². The van der Waals surface area contributed by atoms with Gasteiger partial charge in [-0.3, -0.25) is 4.79 Å². The average molecular weight is 410 g/mol. The van der Waals surface area contributed by atoms with Crippen LogP contribution in [0.3, 0.4) is 0 Å². The summed E-state index contributed by atoms with van der Waals surface area (Å²) in [5.41, 5.74) is 5.15. The lowest BCUT2D eigenvalue weighted by atomic mass is 9.97. The molecule has 0 aliphatic carbocycles. The highest BCUT2D eigenvalue weighted by atomic mass is 32.2. The van der Waals surface area contributed by atoms with E-state index in [1.807, 2.05) is 51.1 Å². The summed E-state index contributed by atoms with van der Waals surface area (Å²) in [5, 5.41) is 15.4. The molecule has 1 amide bonds. The molecule has 1 N–H and O–H groups in total. The molecule has 0 saturated carbocycles. The summed E-state index contributed by atoms with van der Waals surface area (Å²) in [6.07, 6.45) is 1.02. The zero-order valence-corrected chi connectivity index (χ0v) is 18.3. The van der Waals surface area contributed by atoms with Crippen LogP contribution >= 0.6 is 11.8 Å². The average Bonchev–Trinajstić information content (AvgIpc) is 3.17. The summed E-state index contributed by atoms with van der Waals surface area (Å²) in [4.78, 5) is 12.9.